The van der Waals surface area contributed by atoms with Crippen LogP contribution in [0.2, 0.25) is 0 Å². The van der Waals surface area contributed by atoms with Crippen LogP contribution in [-0.4, -0.2) is 21.1 Å². The number of nitrogens with zero attached hydrogens (tertiary/aromatic N) is 4. The van der Waals surface area contributed by atoms with E-state index >= 15 is 0 Å². The molecule has 1 unspecified atom stereocenters. The number of imidazole rings is 1. The molecule has 0 saturated heterocycles. The van der Waals surface area contributed by atoms with Gasteiger partial charge in [-0.3, -0.25) is 0 Å². The number of aryl methyl sites for hydroxylation is 1. The summed E-state index contributed by atoms with van der Waals surface area (Å²) >= 11 is 9.98. The van der Waals surface area contributed by atoms with E-state index in [1.165, 1.54) is 16.7 Å². The van der Waals surface area contributed by atoms with E-state index in [1.54, 1.807) is 11.8 Å². The average Bonchev–Trinajstić information content (AvgIpc) is 3.50. The molecule has 4 aromatic rings. The van der Waals surface area contributed by atoms with E-state index in [-0.39, 0.29) is 0 Å². The molecule has 0 amide bonds. The maximum absolute atomic E-state index is 6.39. The van der Waals surface area contributed by atoms with Crippen LogP contribution in [0.4, 0.5) is 5.82 Å². The molecule has 0 spiro atoms. The zero-order valence-corrected chi connectivity index (χ0v) is 22.7. The summed E-state index contributed by atoms with van der Waals surface area (Å²) in [6, 6.07) is 29.8. The van der Waals surface area contributed by atoms with Crippen LogP contribution in [0.15, 0.2) is 89.7 Å². The van der Waals surface area contributed by atoms with Gasteiger partial charge < -0.3 is 9.24 Å². The lowest BCUT2D eigenvalue weighted by atomic mass is 10.1. The summed E-state index contributed by atoms with van der Waals surface area (Å²) in [4.78, 5) is 5.16. The predicted octanol–water partition coefficient (Wildman–Crippen LogP) is 7.53. The van der Waals surface area contributed by atoms with Crippen molar-refractivity contribution in [1.29, 1.82) is 0 Å². The first-order chi connectivity index (χ1) is 17.1. The van der Waals surface area contributed by atoms with Crippen LogP contribution in [0.1, 0.15) is 22.4 Å². The first-order valence-corrected chi connectivity index (χ1v) is 16.9. The van der Waals surface area contributed by atoms with Gasteiger partial charge in [-0.05, 0) is 29.9 Å². The van der Waals surface area contributed by atoms with Crippen molar-refractivity contribution in [2.75, 3.05) is 11.2 Å². The van der Waals surface area contributed by atoms with Gasteiger partial charge in [-0.2, -0.15) is 0 Å². The second-order valence-corrected chi connectivity index (χ2v) is 16.4. The lowest BCUT2D eigenvalue weighted by Crippen LogP contribution is -2.21. The van der Waals surface area contributed by atoms with E-state index in [1.807, 2.05) is 11.4 Å². The second kappa shape index (κ2) is 9.62. The molecule has 0 N–H and O–H groups in total. The first-order valence-electron chi connectivity index (χ1n) is 11.6. The van der Waals surface area contributed by atoms with Gasteiger partial charge in [-0.25, -0.2) is 9.75 Å². The van der Waals surface area contributed by atoms with E-state index in [0.717, 1.165) is 52.5 Å². The Balaban J connectivity index is 1.39. The molecule has 0 aliphatic carbocycles. The molecule has 0 radical (unpaired) electrons. The summed E-state index contributed by atoms with van der Waals surface area (Å²) in [5.41, 5.74) is 3.70. The van der Waals surface area contributed by atoms with E-state index < -0.39 is 5.54 Å². The number of rotatable bonds is 6. The number of hydrogen-bond donors (Lipinski definition) is 0. The summed E-state index contributed by atoms with van der Waals surface area (Å²) in [6.45, 7) is 3.90. The summed E-state index contributed by atoms with van der Waals surface area (Å²) in [6.07, 6.45) is 0. The normalized spacial score (nSPS) is 18.4. The van der Waals surface area contributed by atoms with Crippen molar-refractivity contribution in [2.24, 2.45) is 4.76 Å². The van der Waals surface area contributed by atoms with E-state index in [4.69, 9.17) is 21.6 Å². The van der Waals surface area contributed by atoms with Gasteiger partial charge in [0.15, 0.2) is 0 Å². The fourth-order valence-electron chi connectivity index (χ4n) is 4.40. The van der Waals surface area contributed by atoms with Crippen molar-refractivity contribution < 1.29 is 0 Å². The molecule has 1 aromatic heterocycles. The highest BCUT2D eigenvalue weighted by molar-refractivity contribution is 8.70. The number of benzene rings is 3. The molecule has 0 bridgehead atoms. The molecular weight excluding hydrogens is 508 g/mol. The largest absolute Gasteiger partial charge is 0.308 e. The molecule has 176 valence electrons. The van der Waals surface area contributed by atoms with Crippen molar-refractivity contribution >= 4 is 51.4 Å². The quantitative estimate of drug-likeness (QED) is 0.240. The predicted molar refractivity (Wildman–Crippen MR) is 156 cm³/mol. The lowest BCUT2D eigenvalue weighted by Gasteiger charge is -2.33. The number of aromatic nitrogens is 2. The molecule has 3 heterocycles. The summed E-state index contributed by atoms with van der Waals surface area (Å²) in [5.74, 6) is 3.89. The molecule has 6 rings (SSSR count). The third kappa shape index (κ3) is 4.51. The van der Waals surface area contributed by atoms with E-state index in [9.17, 15) is 0 Å². The van der Waals surface area contributed by atoms with Crippen molar-refractivity contribution in [3.05, 3.63) is 107 Å². The van der Waals surface area contributed by atoms with Crippen LogP contribution >= 0.6 is 28.7 Å². The number of thioether (sulfide) groups is 1. The molecule has 4 nitrogen and oxygen atoms in total. The van der Waals surface area contributed by atoms with Gasteiger partial charge in [-0.15, -0.1) is 0 Å². The van der Waals surface area contributed by atoms with E-state index in [2.05, 4.69) is 101 Å². The average molecular weight is 533 g/mol. The zero-order valence-electron chi connectivity index (χ0n) is 19.4. The second-order valence-electron chi connectivity index (χ2n) is 8.68. The molecule has 0 fully saturated rings. The smallest absolute Gasteiger partial charge is 0.200 e. The molecule has 35 heavy (non-hydrogen) atoms. The SMILES string of the molecule is Cc1ccc(-c2nc3c4n2CCN4P(=S)(SCc2ccccc2)N=C3SCc2ccccc2)cc1. The lowest BCUT2D eigenvalue weighted by molar-refractivity contribution is 0.802. The Hall–Kier alpha value is -2.31. The van der Waals surface area contributed by atoms with Gasteiger partial charge >= 0.3 is 0 Å². The third-order valence-corrected chi connectivity index (χ3v) is 13.7. The highest BCUT2D eigenvalue weighted by Crippen LogP contribution is 2.69. The highest BCUT2D eigenvalue weighted by Gasteiger charge is 2.42. The van der Waals surface area contributed by atoms with Gasteiger partial charge in [0, 0.05) is 30.2 Å². The van der Waals surface area contributed by atoms with Crippen LogP contribution in [0, 0.1) is 6.92 Å². The van der Waals surface area contributed by atoms with E-state index in [0.29, 0.717) is 0 Å². The first kappa shape index (κ1) is 23.1. The topological polar surface area (TPSA) is 33.4 Å². The monoisotopic (exact) mass is 532 g/mol. The Kier molecular flexibility index (Phi) is 6.35. The maximum atomic E-state index is 6.39. The Bertz CT molecular complexity index is 1430. The van der Waals surface area contributed by atoms with Crippen molar-refractivity contribution in [1.82, 2.24) is 9.55 Å². The maximum Gasteiger partial charge on any atom is 0.200 e. The van der Waals surface area contributed by atoms with Crippen molar-refractivity contribution in [3.8, 4) is 11.4 Å². The minimum Gasteiger partial charge on any atom is -0.308 e. The summed E-state index contributed by atoms with van der Waals surface area (Å²) in [5, 5.41) is 0.984. The van der Waals surface area contributed by atoms with Crippen LogP contribution in [-0.2, 0) is 29.9 Å². The van der Waals surface area contributed by atoms with Crippen LogP contribution in [0.3, 0.4) is 0 Å². The zero-order chi connectivity index (χ0) is 23.8. The van der Waals surface area contributed by atoms with Crippen molar-refractivity contribution in [2.45, 2.75) is 25.0 Å². The van der Waals surface area contributed by atoms with Crippen LogP contribution in [0.5, 0.6) is 0 Å². The Morgan fingerprint density at radius 1 is 0.857 bits per heavy atom. The summed E-state index contributed by atoms with van der Waals surface area (Å²) in [7, 11) is 0. The fraction of sp³-hybridized carbons (Fsp3) is 0.185. The number of hydrogen-bond acceptors (Lipinski definition) is 4. The molecule has 2 aliphatic heterocycles. The summed E-state index contributed by atoms with van der Waals surface area (Å²) < 4.78 is 10.1. The highest BCUT2D eigenvalue weighted by atomic mass is 32.9. The molecule has 1 atom stereocenters. The molecule has 8 heteroatoms. The number of anilines is 1. The molecule has 3 aromatic carbocycles. The van der Waals surface area contributed by atoms with Crippen LogP contribution < -0.4 is 4.67 Å². The third-order valence-electron chi connectivity index (χ3n) is 6.22. The Morgan fingerprint density at radius 2 is 1.51 bits per heavy atom. The minimum absolute atomic E-state index is 0.852. The van der Waals surface area contributed by atoms with Crippen LogP contribution in [0.25, 0.3) is 11.4 Å². The van der Waals surface area contributed by atoms with Gasteiger partial charge in [0.1, 0.15) is 22.4 Å². The van der Waals surface area contributed by atoms with Gasteiger partial charge in [0.25, 0.3) is 0 Å². The molecule has 0 saturated carbocycles. The Labute approximate surface area is 219 Å². The van der Waals surface area contributed by atoms with Gasteiger partial charge in [0.05, 0.1) is 0 Å². The van der Waals surface area contributed by atoms with Crippen molar-refractivity contribution in [3.63, 3.8) is 0 Å². The minimum atomic E-state index is -2.24. The standard InChI is InChI=1S/C27H25N4PS3/c1-20-12-14-23(15-13-20)25-28-24-26(34-18-21-8-4-2-5-9-21)29-32(33,31-17-16-30(25)27(24)31)35-19-22-10-6-3-7-11-22/h2-15H,16-19H2,1H3. The molecular formula is C27H25N4PS3. The Morgan fingerprint density at radius 3 is 2.20 bits per heavy atom. The molecule has 2 aliphatic rings. The van der Waals surface area contributed by atoms with Gasteiger partial charge in [0.2, 0.25) is 5.54 Å². The fourth-order valence-corrected chi connectivity index (χ4v) is 11.5. The van der Waals surface area contributed by atoms with Gasteiger partial charge in [-0.1, -0.05) is 114 Å².